The van der Waals surface area contributed by atoms with Crippen LogP contribution in [0, 0.1) is 0 Å². The van der Waals surface area contributed by atoms with E-state index in [1.807, 2.05) is 6.07 Å². The number of rotatable bonds is 3. The Morgan fingerprint density at radius 3 is 2.46 bits per heavy atom. The van der Waals surface area contributed by atoms with Gasteiger partial charge in [-0.1, -0.05) is 30.3 Å². The number of ether oxygens (including phenoxy) is 1. The number of fused-ring (bicyclic) bond motifs is 1. The molecule has 1 unspecified atom stereocenters. The number of nitrogens with zero attached hydrogens (tertiary/aromatic N) is 1. The molecule has 2 aromatic carbocycles. The van der Waals surface area contributed by atoms with Crippen LogP contribution in [0.25, 0.3) is 0 Å². The van der Waals surface area contributed by atoms with Crippen LogP contribution >= 0.6 is 0 Å². The first-order chi connectivity index (χ1) is 11.6. The number of carbonyl (C=O) groups is 3. The van der Waals surface area contributed by atoms with Crippen molar-refractivity contribution in [1.29, 1.82) is 0 Å². The SMILES string of the molecule is CC(=O)N1c2ccccc2OC(=O)C1CC(=O)Nc1ccccc1. The third-order valence-electron chi connectivity index (χ3n) is 3.69. The van der Waals surface area contributed by atoms with E-state index in [1.54, 1.807) is 48.5 Å². The second-order valence-corrected chi connectivity index (χ2v) is 5.41. The zero-order valence-electron chi connectivity index (χ0n) is 13.1. The van der Waals surface area contributed by atoms with Gasteiger partial charge in [-0.3, -0.25) is 14.5 Å². The smallest absolute Gasteiger partial charge is 0.335 e. The van der Waals surface area contributed by atoms with Crippen molar-refractivity contribution >= 4 is 29.2 Å². The molecule has 6 heteroatoms. The van der Waals surface area contributed by atoms with E-state index in [0.717, 1.165) is 0 Å². The van der Waals surface area contributed by atoms with E-state index in [9.17, 15) is 14.4 Å². The highest BCUT2D eigenvalue weighted by Gasteiger charge is 2.38. The average Bonchev–Trinajstić information content (AvgIpc) is 2.56. The topological polar surface area (TPSA) is 75.7 Å². The Morgan fingerprint density at radius 2 is 1.75 bits per heavy atom. The van der Waals surface area contributed by atoms with Crippen LogP contribution in [0.2, 0.25) is 0 Å². The Morgan fingerprint density at radius 1 is 1.08 bits per heavy atom. The highest BCUT2D eigenvalue weighted by atomic mass is 16.5. The van der Waals surface area contributed by atoms with Crippen molar-refractivity contribution in [2.45, 2.75) is 19.4 Å². The van der Waals surface area contributed by atoms with Gasteiger partial charge in [-0.25, -0.2) is 4.79 Å². The molecule has 1 N–H and O–H groups in total. The number of carbonyl (C=O) groups excluding carboxylic acids is 3. The first-order valence-electron chi connectivity index (χ1n) is 7.51. The molecule has 2 aromatic rings. The Hall–Kier alpha value is -3.15. The van der Waals surface area contributed by atoms with Crippen LogP contribution in [-0.4, -0.2) is 23.8 Å². The summed E-state index contributed by atoms with van der Waals surface area (Å²) in [4.78, 5) is 37.9. The number of benzene rings is 2. The van der Waals surface area contributed by atoms with Gasteiger partial charge in [0.1, 0.15) is 6.04 Å². The number of amides is 2. The van der Waals surface area contributed by atoms with Crippen molar-refractivity contribution in [2.75, 3.05) is 10.2 Å². The van der Waals surface area contributed by atoms with Crippen molar-refractivity contribution in [3.63, 3.8) is 0 Å². The van der Waals surface area contributed by atoms with Crippen LogP contribution < -0.4 is 15.0 Å². The van der Waals surface area contributed by atoms with Gasteiger partial charge in [0.25, 0.3) is 0 Å². The molecule has 1 aliphatic rings. The lowest BCUT2D eigenvalue weighted by atomic mass is 10.1. The molecule has 0 bridgehead atoms. The predicted molar refractivity (Wildman–Crippen MR) is 88.7 cm³/mol. The van der Waals surface area contributed by atoms with Crippen LogP contribution in [0.15, 0.2) is 54.6 Å². The molecule has 1 atom stereocenters. The first kappa shape index (κ1) is 15.7. The molecule has 0 spiro atoms. The van der Waals surface area contributed by atoms with E-state index in [2.05, 4.69) is 5.32 Å². The lowest BCUT2D eigenvalue weighted by Crippen LogP contribution is -2.50. The zero-order valence-corrected chi connectivity index (χ0v) is 13.1. The second-order valence-electron chi connectivity index (χ2n) is 5.41. The van der Waals surface area contributed by atoms with E-state index >= 15 is 0 Å². The van der Waals surface area contributed by atoms with Crippen molar-refractivity contribution < 1.29 is 19.1 Å². The van der Waals surface area contributed by atoms with Gasteiger partial charge in [0, 0.05) is 12.6 Å². The molecule has 0 aromatic heterocycles. The van der Waals surface area contributed by atoms with Crippen molar-refractivity contribution in [1.82, 2.24) is 0 Å². The summed E-state index contributed by atoms with van der Waals surface area (Å²) in [6.45, 7) is 1.36. The molecular weight excluding hydrogens is 308 g/mol. The van der Waals surface area contributed by atoms with Gasteiger partial charge in [-0.2, -0.15) is 0 Å². The maximum Gasteiger partial charge on any atom is 0.335 e. The molecule has 24 heavy (non-hydrogen) atoms. The summed E-state index contributed by atoms with van der Waals surface area (Å²) in [6.07, 6.45) is -0.179. The Balaban J connectivity index is 1.82. The molecule has 1 aliphatic heterocycles. The van der Waals surface area contributed by atoms with E-state index in [1.165, 1.54) is 11.8 Å². The van der Waals surface area contributed by atoms with Crippen LogP contribution in [0.5, 0.6) is 5.75 Å². The van der Waals surface area contributed by atoms with Gasteiger partial charge < -0.3 is 10.1 Å². The Kier molecular flexibility index (Phi) is 4.29. The third-order valence-corrected chi connectivity index (χ3v) is 3.69. The minimum Gasteiger partial charge on any atom is -0.423 e. The molecule has 0 saturated heterocycles. The monoisotopic (exact) mass is 324 g/mol. The van der Waals surface area contributed by atoms with Gasteiger partial charge in [-0.05, 0) is 24.3 Å². The molecule has 0 fully saturated rings. The fourth-order valence-corrected chi connectivity index (χ4v) is 2.66. The summed E-state index contributed by atoms with van der Waals surface area (Å²) >= 11 is 0. The minimum atomic E-state index is -0.985. The highest BCUT2D eigenvalue weighted by Crippen LogP contribution is 2.35. The van der Waals surface area contributed by atoms with Gasteiger partial charge in [0.2, 0.25) is 11.8 Å². The zero-order chi connectivity index (χ0) is 17.1. The van der Waals surface area contributed by atoms with Crippen LogP contribution in [0.1, 0.15) is 13.3 Å². The molecule has 0 saturated carbocycles. The number of anilines is 2. The van der Waals surface area contributed by atoms with Crippen LogP contribution in [0.4, 0.5) is 11.4 Å². The van der Waals surface area contributed by atoms with E-state index in [4.69, 9.17) is 4.74 Å². The number of para-hydroxylation sites is 3. The second kappa shape index (κ2) is 6.54. The molecule has 2 amide bonds. The standard InChI is InChI=1S/C18H16N2O4/c1-12(21)20-14-9-5-6-10-16(14)24-18(23)15(20)11-17(22)19-13-7-3-2-4-8-13/h2-10,15H,11H2,1H3,(H,19,22). The van der Waals surface area contributed by atoms with Crippen molar-refractivity contribution in [3.05, 3.63) is 54.6 Å². The van der Waals surface area contributed by atoms with Crippen molar-refractivity contribution in [3.8, 4) is 5.75 Å². The quantitative estimate of drug-likeness (QED) is 0.694. The average molecular weight is 324 g/mol. The van der Waals surface area contributed by atoms with Crippen LogP contribution in [-0.2, 0) is 14.4 Å². The maximum absolute atomic E-state index is 12.3. The fraction of sp³-hybridized carbons (Fsp3) is 0.167. The Bertz CT molecular complexity index is 789. The third kappa shape index (κ3) is 3.12. The van der Waals surface area contributed by atoms with E-state index in [0.29, 0.717) is 17.1 Å². The summed E-state index contributed by atoms with van der Waals surface area (Å²) in [7, 11) is 0. The summed E-state index contributed by atoms with van der Waals surface area (Å²) in [5.41, 5.74) is 1.11. The molecule has 122 valence electrons. The highest BCUT2D eigenvalue weighted by molar-refractivity contribution is 6.05. The lowest BCUT2D eigenvalue weighted by molar-refractivity contribution is -0.140. The summed E-state index contributed by atoms with van der Waals surface area (Å²) in [5, 5.41) is 2.71. The molecular formula is C18H16N2O4. The van der Waals surface area contributed by atoms with Gasteiger partial charge >= 0.3 is 5.97 Å². The van der Waals surface area contributed by atoms with E-state index < -0.39 is 12.0 Å². The molecule has 3 rings (SSSR count). The van der Waals surface area contributed by atoms with Crippen LogP contribution in [0.3, 0.4) is 0 Å². The molecule has 1 heterocycles. The van der Waals surface area contributed by atoms with E-state index in [-0.39, 0.29) is 18.2 Å². The molecule has 0 radical (unpaired) electrons. The van der Waals surface area contributed by atoms with Gasteiger partial charge in [0.15, 0.2) is 5.75 Å². The molecule has 0 aliphatic carbocycles. The number of nitrogens with one attached hydrogen (secondary N) is 1. The first-order valence-corrected chi connectivity index (χ1v) is 7.51. The number of hydrogen-bond acceptors (Lipinski definition) is 4. The normalized spacial score (nSPS) is 16.1. The number of esters is 1. The maximum atomic E-state index is 12.3. The van der Waals surface area contributed by atoms with Gasteiger partial charge in [-0.15, -0.1) is 0 Å². The summed E-state index contributed by atoms with van der Waals surface area (Å²) in [5.74, 6) is -0.991. The predicted octanol–water partition coefficient (Wildman–Crippen LogP) is 2.36. The molecule has 6 nitrogen and oxygen atoms in total. The Labute approximate surface area is 139 Å². The minimum absolute atomic E-state index is 0.179. The fourth-order valence-electron chi connectivity index (χ4n) is 2.66. The lowest BCUT2D eigenvalue weighted by Gasteiger charge is -2.34. The summed E-state index contributed by atoms with van der Waals surface area (Å²) < 4.78 is 5.26. The summed E-state index contributed by atoms with van der Waals surface area (Å²) in [6, 6.07) is 14.7. The van der Waals surface area contributed by atoms with Crippen molar-refractivity contribution in [2.24, 2.45) is 0 Å². The largest absolute Gasteiger partial charge is 0.423 e. The number of hydrogen-bond donors (Lipinski definition) is 1. The van der Waals surface area contributed by atoms with Gasteiger partial charge in [0.05, 0.1) is 12.1 Å².